The largest absolute Gasteiger partial charge is 0.444 e. The summed E-state index contributed by atoms with van der Waals surface area (Å²) in [7, 11) is 0. The molecule has 0 bridgehead atoms. The van der Waals surface area contributed by atoms with E-state index in [9.17, 15) is 14.3 Å². The van der Waals surface area contributed by atoms with Crippen molar-refractivity contribution in [1.82, 2.24) is 4.90 Å². The Kier molecular flexibility index (Phi) is 5.06. The Bertz CT molecular complexity index is 510. The highest BCUT2D eigenvalue weighted by Gasteiger charge is 2.34. The van der Waals surface area contributed by atoms with Gasteiger partial charge in [-0.1, -0.05) is 12.1 Å². The second-order valence-electron chi connectivity index (χ2n) is 6.82. The lowest BCUT2D eigenvalue weighted by Gasteiger charge is -2.38. The zero-order valence-electron chi connectivity index (χ0n) is 13.4. The molecule has 0 radical (unpaired) electrons. The van der Waals surface area contributed by atoms with Crippen molar-refractivity contribution in [1.29, 1.82) is 0 Å². The van der Waals surface area contributed by atoms with Crippen molar-refractivity contribution in [2.45, 2.75) is 38.7 Å². The summed E-state index contributed by atoms with van der Waals surface area (Å²) in [6, 6.07) is 6.27. The van der Waals surface area contributed by atoms with Crippen molar-refractivity contribution in [3.8, 4) is 0 Å². The number of carbonyl (C=O) groups excluding carboxylic acids is 1. The van der Waals surface area contributed by atoms with Gasteiger partial charge in [0.1, 0.15) is 11.4 Å². The third-order valence-electron chi connectivity index (χ3n) is 3.94. The van der Waals surface area contributed by atoms with E-state index in [1.165, 1.54) is 12.1 Å². The average Bonchev–Trinajstić information content (AvgIpc) is 2.45. The topological polar surface area (TPSA) is 49.8 Å². The molecule has 2 atom stereocenters. The Labute approximate surface area is 130 Å². The zero-order chi connectivity index (χ0) is 16.3. The minimum Gasteiger partial charge on any atom is -0.444 e. The molecule has 1 N–H and O–H groups in total. The van der Waals surface area contributed by atoms with E-state index in [1.54, 1.807) is 17.0 Å². The summed E-state index contributed by atoms with van der Waals surface area (Å²) in [6.45, 7) is 6.61. The maximum absolute atomic E-state index is 13.1. The monoisotopic (exact) mass is 309 g/mol. The lowest BCUT2D eigenvalue weighted by molar-refractivity contribution is 0.0122. The molecule has 1 aromatic carbocycles. The van der Waals surface area contributed by atoms with Crippen LogP contribution in [-0.2, 0) is 4.74 Å². The Morgan fingerprint density at radius 3 is 2.55 bits per heavy atom. The van der Waals surface area contributed by atoms with E-state index in [4.69, 9.17) is 4.74 Å². The van der Waals surface area contributed by atoms with Crippen LogP contribution in [-0.4, -0.2) is 41.4 Å². The van der Waals surface area contributed by atoms with E-state index in [-0.39, 0.29) is 30.4 Å². The van der Waals surface area contributed by atoms with Gasteiger partial charge in [-0.15, -0.1) is 0 Å². The van der Waals surface area contributed by atoms with E-state index in [1.807, 2.05) is 20.8 Å². The third kappa shape index (κ3) is 4.19. The third-order valence-corrected chi connectivity index (χ3v) is 3.94. The van der Waals surface area contributed by atoms with Crippen LogP contribution in [0.2, 0.25) is 0 Å². The molecule has 0 aromatic heterocycles. The summed E-state index contributed by atoms with van der Waals surface area (Å²) in [6.07, 6.45) is 0.369. The van der Waals surface area contributed by atoms with Gasteiger partial charge in [-0.25, -0.2) is 9.18 Å². The number of aliphatic hydroxyl groups excluding tert-OH is 1. The van der Waals surface area contributed by atoms with Gasteiger partial charge < -0.3 is 14.7 Å². The predicted octanol–water partition coefficient (Wildman–Crippen LogP) is 3.16. The first kappa shape index (κ1) is 16.7. The molecular weight excluding hydrogens is 285 g/mol. The lowest BCUT2D eigenvalue weighted by atomic mass is 9.81. The van der Waals surface area contributed by atoms with Crippen molar-refractivity contribution in [3.63, 3.8) is 0 Å². The van der Waals surface area contributed by atoms with Gasteiger partial charge >= 0.3 is 6.09 Å². The maximum atomic E-state index is 13.1. The minimum absolute atomic E-state index is 0.00753. The minimum atomic E-state index is -0.531. The van der Waals surface area contributed by atoms with Gasteiger partial charge in [0.2, 0.25) is 0 Å². The van der Waals surface area contributed by atoms with Gasteiger partial charge in [0.15, 0.2) is 0 Å². The molecule has 122 valence electrons. The van der Waals surface area contributed by atoms with Crippen LogP contribution in [0.15, 0.2) is 24.3 Å². The normalized spacial score (nSPS) is 22.5. The van der Waals surface area contributed by atoms with Crippen LogP contribution in [0, 0.1) is 11.7 Å². The molecule has 1 aliphatic rings. The first-order valence-corrected chi connectivity index (χ1v) is 7.64. The van der Waals surface area contributed by atoms with E-state index in [0.717, 1.165) is 5.56 Å². The maximum Gasteiger partial charge on any atom is 0.410 e. The number of hydrogen-bond donors (Lipinski definition) is 1. The molecule has 1 saturated heterocycles. The number of amides is 1. The molecule has 1 heterocycles. The van der Waals surface area contributed by atoms with Crippen LogP contribution >= 0.6 is 0 Å². The number of carbonyl (C=O) groups is 1. The fourth-order valence-electron chi connectivity index (χ4n) is 2.80. The molecule has 5 heteroatoms. The average molecular weight is 309 g/mol. The van der Waals surface area contributed by atoms with Gasteiger partial charge in [-0.05, 0) is 50.8 Å². The summed E-state index contributed by atoms with van der Waals surface area (Å²) >= 11 is 0. The molecule has 1 aromatic rings. The van der Waals surface area contributed by atoms with Gasteiger partial charge in [0.05, 0.1) is 0 Å². The number of aliphatic hydroxyl groups is 1. The number of nitrogens with zero attached hydrogens (tertiary/aromatic N) is 1. The molecule has 2 rings (SSSR count). The summed E-state index contributed by atoms with van der Waals surface area (Å²) in [5.74, 6) is -0.222. The molecule has 0 aliphatic carbocycles. The van der Waals surface area contributed by atoms with E-state index in [2.05, 4.69) is 0 Å². The van der Waals surface area contributed by atoms with E-state index < -0.39 is 5.60 Å². The molecule has 0 spiro atoms. The van der Waals surface area contributed by atoms with Crippen LogP contribution in [0.5, 0.6) is 0 Å². The first-order chi connectivity index (χ1) is 10.3. The van der Waals surface area contributed by atoms with Crippen LogP contribution in [0.25, 0.3) is 0 Å². The van der Waals surface area contributed by atoms with Gasteiger partial charge in [0.25, 0.3) is 0 Å². The van der Waals surface area contributed by atoms with Gasteiger partial charge in [-0.2, -0.15) is 0 Å². The van der Waals surface area contributed by atoms with E-state index in [0.29, 0.717) is 19.5 Å². The number of likely N-dealkylation sites (tertiary alicyclic amines) is 1. The van der Waals surface area contributed by atoms with Crippen molar-refractivity contribution in [3.05, 3.63) is 35.6 Å². The Morgan fingerprint density at radius 1 is 1.36 bits per heavy atom. The number of halogens is 1. The van der Waals surface area contributed by atoms with Crippen LogP contribution in [0.1, 0.15) is 38.7 Å². The lowest BCUT2D eigenvalue weighted by Crippen LogP contribution is -2.45. The SMILES string of the molecule is CC(C)(C)OC(=O)N1CC[C@H](CO)C(c2ccc(F)cc2)C1. The summed E-state index contributed by atoms with van der Waals surface area (Å²) in [5, 5.41) is 9.58. The molecule has 22 heavy (non-hydrogen) atoms. The second-order valence-corrected chi connectivity index (χ2v) is 6.82. The number of hydrogen-bond acceptors (Lipinski definition) is 3. The molecule has 1 fully saturated rings. The summed E-state index contributed by atoms with van der Waals surface area (Å²) < 4.78 is 18.5. The van der Waals surface area contributed by atoms with Crippen LogP contribution < -0.4 is 0 Å². The molecule has 0 saturated carbocycles. The summed E-state index contributed by atoms with van der Waals surface area (Å²) in [4.78, 5) is 13.9. The highest BCUT2D eigenvalue weighted by Crippen LogP contribution is 2.33. The standard InChI is InChI=1S/C17H24FNO3/c1-17(2,3)22-16(21)19-9-8-13(11-20)15(10-19)12-4-6-14(18)7-5-12/h4-7,13,15,20H,8-11H2,1-3H3/t13-,15?/m1/s1. The van der Waals surface area contributed by atoms with Crippen LogP contribution in [0.4, 0.5) is 9.18 Å². The van der Waals surface area contributed by atoms with Crippen molar-refractivity contribution in [2.75, 3.05) is 19.7 Å². The quantitative estimate of drug-likeness (QED) is 0.913. The summed E-state index contributed by atoms with van der Waals surface area (Å²) in [5.41, 5.74) is 0.407. The fraction of sp³-hybridized carbons (Fsp3) is 0.588. The molecule has 1 unspecified atom stereocenters. The van der Waals surface area contributed by atoms with Crippen LogP contribution in [0.3, 0.4) is 0 Å². The molecule has 1 aliphatic heterocycles. The Balaban J connectivity index is 2.13. The number of ether oxygens (including phenoxy) is 1. The second kappa shape index (κ2) is 6.65. The highest BCUT2D eigenvalue weighted by molar-refractivity contribution is 5.68. The Morgan fingerprint density at radius 2 is 2.00 bits per heavy atom. The fourth-order valence-corrected chi connectivity index (χ4v) is 2.80. The number of benzene rings is 1. The zero-order valence-corrected chi connectivity index (χ0v) is 13.4. The number of piperidine rings is 1. The van der Waals surface area contributed by atoms with Gasteiger partial charge in [-0.3, -0.25) is 0 Å². The number of rotatable bonds is 2. The van der Waals surface area contributed by atoms with Crippen molar-refractivity contribution in [2.24, 2.45) is 5.92 Å². The van der Waals surface area contributed by atoms with E-state index >= 15 is 0 Å². The molecule has 4 nitrogen and oxygen atoms in total. The highest BCUT2D eigenvalue weighted by atomic mass is 19.1. The molecule has 1 amide bonds. The smallest absolute Gasteiger partial charge is 0.410 e. The molecular formula is C17H24FNO3. The Hall–Kier alpha value is -1.62. The first-order valence-electron chi connectivity index (χ1n) is 7.64. The van der Waals surface area contributed by atoms with Gasteiger partial charge in [0, 0.05) is 25.6 Å². The van der Waals surface area contributed by atoms with Crippen molar-refractivity contribution < 1.29 is 19.0 Å². The predicted molar refractivity (Wildman–Crippen MR) is 82.1 cm³/mol. The van der Waals surface area contributed by atoms with Crippen molar-refractivity contribution >= 4 is 6.09 Å².